The first kappa shape index (κ1) is 14.1. The minimum absolute atomic E-state index is 0.189. The lowest BCUT2D eigenvalue weighted by Crippen LogP contribution is -2.42. The molecule has 1 amide bonds. The molecule has 0 aliphatic heterocycles. The lowest BCUT2D eigenvalue weighted by molar-refractivity contribution is 0.0245. The van der Waals surface area contributed by atoms with Crippen LogP contribution in [0.2, 0.25) is 0 Å². The first-order chi connectivity index (χ1) is 10.2. The second-order valence-corrected chi connectivity index (χ2v) is 5.89. The molecular formula is C16H21N3O2. The molecule has 2 aromatic heterocycles. The molecule has 0 unspecified atom stereocenters. The summed E-state index contributed by atoms with van der Waals surface area (Å²) < 4.78 is 1.76. The summed E-state index contributed by atoms with van der Waals surface area (Å²) in [7, 11) is 0. The lowest BCUT2D eigenvalue weighted by atomic mass is 9.94. The molecule has 2 N–H and O–H groups in total. The van der Waals surface area contributed by atoms with Crippen molar-refractivity contribution in [3.05, 3.63) is 36.3 Å². The van der Waals surface area contributed by atoms with Crippen LogP contribution in [0.25, 0.3) is 5.65 Å². The Hall–Kier alpha value is -1.88. The van der Waals surface area contributed by atoms with Crippen LogP contribution in [0.4, 0.5) is 0 Å². The quantitative estimate of drug-likeness (QED) is 0.850. The second-order valence-electron chi connectivity index (χ2n) is 5.89. The predicted octanol–water partition coefficient (Wildman–Crippen LogP) is 2.15. The van der Waals surface area contributed by atoms with Gasteiger partial charge in [-0.15, -0.1) is 0 Å². The molecule has 1 aliphatic carbocycles. The number of carbonyl (C=O) groups is 1. The third-order valence-corrected chi connectivity index (χ3v) is 4.26. The fourth-order valence-electron chi connectivity index (χ4n) is 3.00. The van der Waals surface area contributed by atoms with Crippen LogP contribution in [0.5, 0.6) is 0 Å². The van der Waals surface area contributed by atoms with Gasteiger partial charge in [0.25, 0.3) is 5.91 Å². The predicted molar refractivity (Wildman–Crippen MR) is 80.2 cm³/mol. The normalized spacial score (nSPS) is 18.3. The van der Waals surface area contributed by atoms with Crippen LogP contribution in [0, 0.1) is 0 Å². The molecule has 1 aliphatic rings. The zero-order valence-electron chi connectivity index (χ0n) is 12.1. The molecule has 1 saturated carbocycles. The molecule has 21 heavy (non-hydrogen) atoms. The molecule has 1 fully saturated rings. The van der Waals surface area contributed by atoms with Crippen molar-refractivity contribution in [3.63, 3.8) is 0 Å². The smallest absolute Gasteiger partial charge is 0.270 e. The summed E-state index contributed by atoms with van der Waals surface area (Å²) in [6.45, 7) is 0.311. The lowest BCUT2D eigenvalue weighted by Gasteiger charge is -2.26. The van der Waals surface area contributed by atoms with Gasteiger partial charge < -0.3 is 10.4 Å². The molecule has 112 valence electrons. The van der Waals surface area contributed by atoms with Gasteiger partial charge in [-0.05, 0) is 25.0 Å². The van der Waals surface area contributed by atoms with E-state index in [2.05, 4.69) is 10.3 Å². The number of hydrogen-bond acceptors (Lipinski definition) is 3. The standard InChI is InChI=1S/C16H21N3O2/c20-15(13-11-17-14-7-3-6-10-19(13)14)18-12-16(21)8-4-1-2-5-9-16/h3,6-7,10-11,21H,1-2,4-5,8-9,12H2,(H,18,20). The maximum atomic E-state index is 12.3. The van der Waals surface area contributed by atoms with Gasteiger partial charge in [0.1, 0.15) is 11.3 Å². The number of nitrogens with zero attached hydrogens (tertiary/aromatic N) is 2. The number of fused-ring (bicyclic) bond motifs is 1. The van der Waals surface area contributed by atoms with Crippen LogP contribution in [0.1, 0.15) is 49.0 Å². The van der Waals surface area contributed by atoms with Crippen molar-refractivity contribution in [1.82, 2.24) is 14.7 Å². The van der Waals surface area contributed by atoms with Gasteiger partial charge in [-0.3, -0.25) is 9.20 Å². The van der Waals surface area contributed by atoms with E-state index in [1.165, 1.54) is 12.8 Å². The van der Waals surface area contributed by atoms with E-state index in [9.17, 15) is 9.90 Å². The molecular weight excluding hydrogens is 266 g/mol. The van der Waals surface area contributed by atoms with Crippen molar-refractivity contribution in [2.45, 2.75) is 44.1 Å². The summed E-state index contributed by atoms with van der Waals surface area (Å²) in [4.78, 5) is 16.5. The van der Waals surface area contributed by atoms with E-state index in [0.29, 0.717) is 12.2 Å². The van der Waals surface area contributed by atoms with Gasteiger partial charge in [-0.2, -0.15) is 0 Å². The number of carbonyl (C=O) groups excluding carboxylic acids is 1. The second kappa shape index (κ2) is 5.85. The maximum absolute atomic E-state index is 12.3. The van der Waals surface area contributed by atoms with Crippen molar-refractivity contribution < 1.29 is 9.90 Å². The number of aromatic nitrogens is 2. The van der Waals surface area contributed by atoms with Gasteiger partial charge in [-0.25, -0.2) is 4.98 Å². The summed E-state index contributed by atoms with van der Waals surface area (Å²) >= 11 is 0. The van der Waals surface area contributed by atoms with Gasteiger partial charge >= 0.3 is 0 Å². The van der Waals surface area contributed by atoms with E-state index >= 15 is 0 Å². The van der Waals surface area contributed by atoms with Gasteiger partial charge in [-0.1, -0.05) is 31.7 Å². The molecule has 2 aromatic rings. The van der Waals surface area contributed by atoms with E-state index in [4.69, 9.17) is 0 Å². The molecule has 0 bridgehead atoms. The molecule has 0 aromatic carbocycles. The number of aliphatic hydroxyl groups is 1. The molecule has 0 spiro atoms. The van der Waals surface area contributed by atoms with E-state index < -0.39 is 5.60 Å². The Morgan fingerprint density at radius 3 is 2.81 bits per heavy atom. The summed E-state index contributed by atoms with van der Waals surface area (Å²) in [5, 5.41) is 13.4. The Kier molecular flexibility index (Phi) is 3.92. The van der Waals surface area contributed by atoms with Crippen molar-refractivity contribution >= 4 is 11.6 Å². The number of rotatable bonds is 3. The van der Waals surface area contributed by atoms with Gasteiger partial charge in [0, 0.05) is 12.7 Å². The minimum atomic E-state index is -0.757. The van der Waals surface area contributed by atoms with Gasteiger partial charge in [0.2, 0.25) is 0 Å². The van der Waals surface area contributed by atoms with Crippen LogP contribution < -0.4 is 5.32 Å². The minimum Gasteiger partial charge on any atom is -0.388 e. The van der Waals surface area contributed by atoms with Crippen LogP contribution in [0.15, 0.2) is 30.6 Å². The van der Waals surface area contributed by atoms with E-state index in [0.717, 1.165) is 31.3 Å². The monoisotopic (exact) mass is 287 g/mol. The zero-order valence-corrected chi connectivity index (χ0v) is 12.1. The largest absolute Gasteiger partial charge is 0.388 e. The summed E-state index contributed by atoms with van der Waals surface area (Å²) in [5.41, 5.74) is 0.491. The number of imidazole rings is 1. The molecule has 2 heterocycles. The number of pyridine rings is 1. The Labute approximate surface area is 124 Å². The molecule has 3 rings (SSSR count). The third kappa shape index (κ3) is 3.08. The fourth-order valence-corrected chi connectivity index (χ4v) is 3.00. The van der Waals surface area contributed by atoms with E-state index in [1.807, 2.05) is 24.4 Å². The average Bonchev–Trinajstić information content (AvgIpc) is 2.81. The first-order valence-electron chi connectivity index (χ1n) is 7.61. The molecule has 0 atom stereocenters. The first-order valence-corrected chi connectivity index (χ1v) is 7.61. The highest BCUT2D eigenvalue weighted by molar-refractivity contribution is 5.93. The summed E-state index contributed by atoms with van der Waals surface area (Å²) in [6.07, 6.45) is 9.32. The van der Waals surface area contributed by atoms with Crippen LogP contribution in [-0.2, 0) is 0 Å². The van der Waals surface area contributed by atoms with E-state index in [1.54, 1.807) is 10.6 Å². The molecule has 5 heteroatoms. The third-order valence-electron chi connectivity index (χ3n) is 4.26. The number of nitrogens with one attached hydrogen (secondary N) is 1. The molecule has 5 nitrogen and oxygen atoms in total. The highest BCUT2D eigenvalue weighted by Gasteiger charge is 2.28. The van der Waals surface area contributed by atoms with E-state index in [-0.39, 0.29) is 5.91 Å². The fraction of sp³-hybridized carbons (Fsp3) is 0.500. The summed E-state index contributed by atoms with van der Waals surface area (Å²) in [6, 6.07) is 5.61. The Balaban J connectivity index is 1.69. The van der Waals surface area contributed by atoms with Crippen molar-refractivity contribution in [3.8, 4) is 0 Å². The number of hydrogen-bond donors (Lipinski definition) is 2. The maximum Gasteiger partial charge on any atom is 0.270 e. The Morgan fingerprint density at radius 2 is 2.05 bits per heavy atom. The van der Waals surface area contributed by atoms with Crippen LogP contribution >= 0.6 is 0 Å². The van der Waals surface area contributed by atoms with Crippen LogP contribution in [0.3, 0.4) is 0 Å². The average molecular weight is 287 g/mol. The molecule has 0 radical (unpaired) electrons. The Morgan fingerprint density at radius 1 is 1.29 bits per heavy atom. The highest BCUT2D eigenvalue weighted by Crippen LogP contribution is 2.26. The number of amides is 1. The zero-order chi connectivity index (χ0) is 14.7. The van der Waals surface area contributed by atoms with Gasteiger partial charge in [0.15, 0.2) is 0 Å². The Bertz CT molecular complexity index is 627. The molecule has 0 saturated heterocycles. The SMILES string of the molecule is O=C(NCC1(O)CCCCCC1)c1cnc2ccccn12. The highest BCUT2D eigenvalue weighted by atomic mass is 16.3. The van der Waals surface area contributed by atoms with Crippen molar-refractivity contribution in [2.75, 3.05) is 6.54 Å². The van der Waals surface area contributed by atoms with Gasteiger partial charge in [0.05, 0.1) is 11.8 Å². The summed E-state index contributed by atoms with van der Waals surface area (Å²) in [5.74, 6) is -0.189. The topological polar surface area (TPSA) is 66.6 Å². The van der Waals surface area contributed by atoms with Crippen LogP contribution in [-0.4, -0.2) is 32.5 Å². The van der Waals surface area contributed by atoms with Crippen molar-refractivity contribution in [1.29, 1.82) is 0 Å². The van der Waals surface area contributed by atoms with Crippen molar-refractivity contribution in [2.24, 2.45) is 0 Å².